The zero-order valence-corrected chi connectivity index (χ0v) is 12.6. The Kier molecular flexibility index (Phi) is 5.40. The highest BCUT2D eigenvalue weighted by atomic mass is 16.5. The Balaban J connectivity index is 2.11. The topological polar surface area (TPSA) is 58.6 Å². The zero-order chi connectivity index (χ0) is 14.5. The molecule has 2 unspecified atom stereocenters. The maximum atomic E-state index is 12.8. The van der Waals surface area contributed by atoms with Crippen molar-refractivity contribution in [1.29, 1.82) is 0 Å². The average molecular weight is 282 g/mol. The van der Waals surface area contributed by atoms with Crippen LogP contribution in [-0.2, 0) is 14.3 Å². The summed E-state index contributed by atoms with van der Waals surface area (Å²) < 4.78 is 5.15. The van der Waals surface area contributed by atoms with Crippen LogP contribution in [0.5, 0.6) is 0 Å². The first kappa shape index (κ1) is 15.3. The van der Waals surface area contributed by atoms with Crippen LogP contribution in [0.1, 0.15) is 45.4 Å². The van der Waals surface area contributed by atoms with Gasteiger partial charge in [-0.1, -0.05) is 19.3 Å². The summed E-state index contributed by atoms with van der Waals surface area (Å²) >= 11 is 0. The van der Waals surface area contributed by atoms with Crippen molar-refractivity contribution >= 4 is 11.8 Å². The number of carbonyl (C=O) groups is 2. The first-order valence-corrected chi connectivity index (χ1v) is 7.72. The number of hydrogen-bond acceptors (Lipinski definition) is 3. The monoisotopic (exact) mass is 282 g/mol. The van der Waals surface area contributed by atoms with Gasteiger partial charge in [0.1, 0.15) is 6.04 Å². The van der Waals surface area contributed by atoms with Crippen LogP contribution in [0.2, 0.25) is 0 Å². The SMILES string of the molecule is COCC(C)N1CCC(=O)NC(C2CCCCC2)C1=O. The van der Waals surface area contributed by atoms with E-state index in [4.69, 9.17) is 4.74 Å². The van der Waals surface area contributed by atoms with Gasteiger partial charge in [-0.25, -0.2) is 0 Å². The molecule has 1 N–H and O–H groups in total. The summed E-state index contributed by atoms with van der Waals surface area (Å²) in [6.07, 6.45) is 6.06. The molecule has 2 aliphatic rings. The van der Waals surface area contributed by atoms with Gasteiger partial charge < -0.3 is 15.0 Å². The summed E-state index contributed by atoms with van der Waals surface area (Å²) in [6, 6.07) is -0.309. The normalized spacial score (nSPS) is 27.1. The highest BCUT2D eigenvalue weighted by Gasteiger charge is 2.37. The summed E-state index contributed by atoms with van der Waals surface area (Å²) in [5.74, 6) is 0.379. The molecule has 0 aromatic carbocycles. The third-order valence-electron chi connectivity index (χ3n) is 4.51. The molecule has 0 spiro atoms. The number of ether oxygens (including phenoxy) is 1. The fourth-order valence-electron chi connectivity index (χ4n) is 3.37. The van der Waals surface area contributed by atoms with Crippen molar-refractivity contribution in [2.24, 2.45) is 5.92 Å². The molecule has 1 aliphatic heterocycles. The van der Waals surface area contributed by atoms with Crippen molar-refractivity contribution in [3.63, 3.8) is 0 Å². The number of hydrogen-bond donors (Lipinski definition) is 1. The average Bonchev–Trinajstić information content (AvgIpc) is 2.60. The molecule has 0 aromatic heterocycles. The molecule has 1 saturated heterocycles. The second-order valence-electron chi connectivity index (χ2n) is 6.03. The summed E-state index contributed by atoms with van der Waals surface area (Å²) in [7, 11) is 1.64. The quantitative estimate of drug-likeness (QED) is 0.846. The van der Waals surface area contributed by atoms with Gasteiger partial charge in [0.25, 0.3) is 0 Å². The van der Waals surface area contributed by atoms with E-state index in [1.165, 1.54) is 6.42 Å². The summed E-state index contributed by atoms with van der Waals surface area (Å²) in [5.41, 5.74) is 0. The smallest absolute Gasteiger partial charge is 0.245 e. The van der Waals surface area contributed by atoms with E-state index in [0.717, 1.165) is 25.7 Å². The van der Waals surface area contributed by atoms with E-state index in [0.29, 0.717) is 25.5 Å². The Labute approximate surface area is 121 Å². The number of rotatable bonds is 4. The molecule has 0 bridgehead atoms. The molecule has 0 aromatic rings. The van der Waals surface area contributed by atoms with E-state index in [9.17, 15) is 9.59 Å². The molecule has 114 valence electrons. The minimum atomic E-state index is -0.329. The van der Waals surface area contributed by atoms with Crippen LogP contribution in [-0.4, -0.2) is 49.1 Å². The van der Waals surface area contributed by atoms with Crippen molar-refractivity contribution in [2.45, 2.75) is 57.5 Å². The molecule has 1 saturated carbocycles. The van der Waals surface area contributed by atoms with Crippen molar-refractivity contribution in [3.8, 4) is 0 Å². The Hall–Kier alpha value is -1.10. The predicted molar refractivity (Wildman–Crippen MR) is 76.2 cm³/mol. The maximum Gasteiger partial charge on any atom is 0.245 e. The fourth-order valence-corrected chi connectivity index (χ4v) is 3.37. The lowest BCUT2D eigenvalue weighted by atomic mass is 9.83. The highest BCUT2D eigenvalue weighted by Crippen LogP contribution is 2.28. The number of nitrogens with one attached hydrogen (secondary N) is 1. The molecule has 5 nitrogen and oxygen atoms in total. The van der Waals surface area contributed by atoms with Gasteiger partial charge in [-0.15, -0.1) is 0 Å². The molecule has 20 heavy (non-hydrogen) atoms. The van der Waals surface area contributed by atoms with E-state index in [1.807, 2.05) is 11.8 Å². The Morgan fingerprint density at radius 1 is 1.30 bits per heavy atom. The van der Waals surface area contributed by atoms with Crippen LogP contribution < -0.4 is 5.32 Å². The zero-order valence-electron chi connectivity index (χ0n) is 12.6. The van der Waals surface area contributed by atoms with Gasteiger partial charge in [0.2, 0.25) is 11.8 Å². The molecule has 0 radical (unpaired) electrons. The van der Waals surface area contributed by atoms with Crippen LogP contribution in [0, 0.1) is 5.92 Å². The van der Waals surface area contributed by atoms with Crippen molar-refractivity contribution in [1.82, 2.24) is 10.2 Å². The number of methoxy groups -OCH3 is 1. The van der Waals surface area contributed by atoms with Crippen molar-refractivity contribution in [3.05, 3.63) is 0 Å². The van der Waals surface area contributed by atoms with E-state index < -0.39 is 0 Å². The van der Waals surface area contributed by atoms with E-state index in [-0.39, 0.29) is 23.9 Å². The lowest BCUT2D eigenvalue weighted by Crippen LogP contribution is -2.52. The Morgan fingerprint density at radius 2 is 2.00 bits per heavy atom. The molecule has 2 rings (SSSR count). The van der Waals surface area contributed by atoms with Gasteiger partial charge in [0.05, 0.1) is 12.6 Å². The summed E-state index contributed by atoms with van der Waals surface area (Å²) in [6.45, 7) is 2.99. The van der Waals surface area contributed by atoms with Gasteiger partial charge in [-0.2, -0.15) is 0 Å². The molecular weight excluding hydrogens is 256 g/mol. The van der Waals surface area contributed by atoms with E-state index in [1.54, 1.807) is 7.11 Å². The molecule has 5 heteroatoms. The largest absolute Gasteiger partial charge is 0.383 e. The lowest BCUT2D eigenvalue weighted by molar-refractivity contribution is -0.138. The first-order valence-electron chi connectivity index (χ1n) is 7.72. The number of amides is 2. The van der Waals surface area contributed by atoms with Crippen LogP contribution in [0.25, 0.3) is 0 Å². The Bertz CT molecular complexity index is 353. The molecular formula is C15H26N2O3. The van der Waals surface area contributed by atoms with Crippen molar-refractivity contribution in [2.75, 3.05) is 20.3 Å². The van der Waals surface area contributed by atoms with Crippen LogP contribution in [0.4, 0.5) is 0 Å². The molecule has 2 amide bonds. The third kappa shape index (κ3) is 3.51. The van der Waals surface area contributed by atoms with Gasteiger partial charge in [-0.3, -0.25) is 9.59 Å². The second-order valence-corrected chi connectivity index (χ2v) is 6.03. The number of carbonyl (C=O) groups excluding carboxylic acids is 2. The van der Waals surface area contributed by atoms with Gasteiger partial charge in [0, 0.05) is 20.1 Å². The van der Waals surface area contributed by atoms with Gasteiger partial charge in [-0.05, 0) is 25.7 Å². The van der Waals surface area contributed by atoms with Gasteiger partial charge in [0.15, 0.2) is 0 Å². The lowest BCUT2D eigenvalue weighted by Gasteiger charge is -2.34. The third-order valence-corrected chi connectivity index (χ3v) is 4.51. The molecule has 2 atom stereocenters. The minimum absolute atomic E-state index is 0.000963. The van der Waals surface area contributed by atoms with Crippen LogP contribution >= 0.6 is 0 Å². The summed E-state index contributed by atoms with van der Waals surface area (Å²) in [4.78, 5) is 26.5. The number of nitrogens with zero attached hydrogens (tertiary/aromatic N) is 1. The molecule has 2 fully saturated rings. The van der Waals surface area contributed by atoms with Gasteiger partial charge >= 0.3 is 0 Å². The molecule has 1 aliphatic carbocycles. The van der Waals surface area contributed by atoms with E-state index >= 15 is 0 Å². The standard InChI is InChI=1S/C15H26N2O3/c1-11(10-20-2)17-9-8-13(18)16-14(15(17)19)12-6-4-3-5-7-12/h11-12,14H,3-10H2,1-2H3,(H,16,18). The maximum absolute atomic E-state index is 12.8. The molecule has 1 heterocycles. The fraction of sp³-hybridized carbons (Fsp3) is 0.867. The van der Waals surface area contributed by atoms with Crippen molar-refractivity contribution < 1.29 is 14.3 Å². The van der Waals surface area contributed by atoms with Crippen LogP contribution in [0.3, 0.4) is 0 Å². The van der Waals surface area contributed by atoms with Crippen LogP contribution in [0.15, 0.2) is 0 Å². The first-order chi connectivity index (χ1) is 9.63. The van der Waals surface area contributed by atoms with E-state index in [2.05, 4.69) is 5.32 Å². The Morgan fingerprint density at radius 3 is 2.65 bits per heavy atom. The predicted octanol–water partition coefficient (Wildman–Crippen LogP) is 1.32. The summed E-state index contributed by atoms with van der Waals surface area (Å²) in [5, 5.41) is 2.95. The second kappa shape index (κ2) is 7.07. The highest BCUT2D eigenvalue weighted by molar-refractivity contribution is 5.90. The minimum Gasteiger partial charge on any atom is -0.383 e.